The molecule has 26 heavy (non-hydrogen) atoms. The number of amides is 1. The van der Waals surface area contributed by atoms with Gasteiger partial charge < -0.3 is 10.6 Å². The number of aromatic nitrogens is 3. The second kappa shape index (κ2) is 6.12. The maximum atomic E-state index is 12.1. The summed E-state index contributed by atoms with van der Waals surface area (Å²) >= 11 is 0. The van der Waals surface area contributed by atoms with Gasteiger partial charge in [0.05, 0.1) is 23.3 Å². The van der Waals surface area contributed by atoms with Gasteiger partial charge in [-0.1, -0.05) is 18.2 Å². The summed E-state index contributed by atoms with van der Waals surface area (Å²) < 4.78 is 1.77. The minimum absolute atomic E-state index is 0.0497. The van der Waals surface area contributed by atoms with Crippen molar-refractivity contribution >= 4 is 22.5 Å². The fraction of sp³-hybridized carbons (Fsp3) is 0.350. The first-order valence-corrected chi connectivity index (χ1v) is 8.83. The van der Waals surface area contributed by atoms with E-state index in [1.807, 2.05) is 25.6 Å². The predicted molar refractivity (Wildman–Crippen MR) is 102 cm³/mol. The van der Waals surface area contributed by atoms with Gasteiger partial charge in [-0.15, -0.1) is 0 Å². The number of primary amides is 1. The Morgan fingerprint density at radius 1 is 1.19 bits per heavy atom. The first kappa shape index (κ1) is 16.6. The SMILES string of the molecule is Cc1cnc2c(C)cccc2c1N1C[C@H](C(N)=O)[C@@H](c2cnn(C)c2)C1. The first-order chi connectivity index (χ1) is 12.5. The van der Waals surface area contributed by atoms with E-state index in [2.05, 4.69) is 47.0 Å². The topological polar surface area (TPSA) is 77.0 Å². The molecule has 0 bridgehead atoms. The molecule has 6 heteroatoms. The van der Waals surface area contributed by atoms with Gasteiger partial charge in [-0.3, -0.25) is 14.5 Å². The lowest BCUT2D eigenvalue weighted by Crippen LogP contribution is -2.29. The van der Waals surface area contributed by atoms with Crippen LogP contribution in [0.2, 0.25) is 0 Å². The summed E-state index contributed by atoms with van der Waals surface area (Å²) in [6.45, 7) is 5.50. The molecule has 4 rings (SSSR count). The molecule has 3 aromatic rings. The number of nitrogens with zero attached hydrogens (tertiary/aromatic N) is 4. The fourth-order valence-electron chi connectivity index (χ4n) is 4.12. The molecule has 0 saturated carbocycles. The summed E-state index contributed by atoms with van der Waals surface area (Å²) in [6, 6.07) is 6.24. The number of pyridine rings is 1. The zero-order chi connectivity index (χ0) is 18.4. The summed E-state index contributed by atoms with van der Waals surface area (Å²) in [5, 5.41) is 5.39. The van der Waals surface area contributed by atoms with Crippen molar-refractivity contribution in [3.8, 4) is 0 Å². The maximum Gasteiger partial charge on any atom is 0.223 e. The molecular weight excluding hydrogens is 326 g/mol. The number of aryl methyl sites for hydroxylation is 3. The molecule has 3 heterocycles. The molecule has 134 valence electrons. The zero-order valence-corrected chi connectivity index (χ0v) is 15.3. The van der Waals surface area contributed by atoms with Crippen molar-refractivity contribution in [2.75, 3.05) is 18.0 Å². The van der Waals surface area contributed by atoms with Gasteiger partial charge in [0.15, 0.2) is 0 Å². The molecule has 1 aliphatic heterocycles. The van der Waals surface area contributed by atoms with Crippen LogP contribution in [0, 0.1) is 19.8 Å². The van der Waals surface area contributed by atoms with Gasteiger partial charge in [0, 0.05) is 43.8 Å². The Balaban J connectivity index is 1.80. The molecule has 1 amide bonds. The van der Waals surface area contributed by atoms with Gasteiger partial charge in [0.1, 0.15) is 0 Å². The van der Waals surface area contributed by atoms with Crippen LogP contribution < -0.4 is 10.6 Å². The Kier molecular flexibility index (Phi) is 3.90. The molecule has 6 nitrogen and oxygen atoms in total. The Bertz CT molecular complexity index is 993. The molecule has 2 atom stereocenters. The highest BCUT2D eigenvalue weighted by Crippen LogP contribution is 2.39. The third-order valence-corrected chi connectivity index (χ3v) is 5.41. The summed E-state index contributed by atoms with van der Waals surface area (Å²) in [5.41, 5.74) is 11.2. The number of hydrogen-bond donors (Lipinski definition) is 1. The van der Waals surface area contributed by atoms with E-state index in [1.165, 1.54) is 0 Å². The van der Waals surface area contributed by atoms with Crippen molar-refractivity contribution in [1.29, 1.82) is 0 Å². The molecule has 0 radical (unpaired) electrons. The second-order valence-corrected chi connectivity index (χ2v) is 7.23. The number of carbonyl (C=O) groups is 1. The highest BCUT2D eigenvalue weighted by Gasteiger charge is 2.39. The molecule has 0 aliphatic carbocycles. The van der Waals surface area contributed by atoms with Crippen molar-refractivity contribution in [1.82, 2.24) is 14.8 Å². The van der Waals surface area contributed by atoms with E-state index in [-0.39, 0.29) is 17.7 Å². The van der Waals surface area contributed by atoms with Crippen LogP contribution in [0.3, 0.4) is 0 Å². The average Bonchev–Trinajstić information content (AvgIpc) is 3.21. The number of hydrogen-bond acceptors (Lipinski definition) is 4. The van der Waals surface area contributed by atoms with Gasteiger partial charge in [0.2, 0.25) is 5.91 Å². The van der Waals surface area contributed by atoms with Crippen LogP contribution in [0.1, 0.15) is 22.6 Å². The van der Waals surface area contributed by atoms with Crippen molar-refractivity contribution in [3.05, 3.63) is 53.5 Å². The highest BCUT2D eigenvalue weighted by atomic mass is 16.1. The van der Waals surface area contributed by atoms with Crippen LogP contribution in [0.15, 0.2) is 36.8 Å². The lowest BCUT2D eigenvalue weighted by atomic mass is 9.90. The normalized spacial score (nSPS) is 20.0. The Morgan fingerprint density at radius 3 is 2.69 bits per heavy atom. The summed E-state index contributed by atoms with van der Waals surface area (Å²) in [5.74, 6) is -0.436. The van der Waals surface area contributed by atoms with E-state index in [4.69, 9.17) is 5.73 Å². The quantitative estimate of drug-likeness (QED) is 0.787. The van der Waals surface area contributed by atoms with E-state index in [1.54, 1.807) is 4.68 Å². The summed E-state index contributed by atoms with van der Waals surface area (Å²) in [6.07, 6.45) is 5.73. The molecular formula is C20H23N5O. The van der Waals surface area contributed by atoms with Crippen LogP contribution >= 0.6 is 0 Å². The van der Waals surface area contributed by atoms with Crippen molar-refractivity contribution < 1.29 is 4.79 Å². The van der Waals surface area contributed by atoms with E-state index < -0.39 is 0 Å². The van der Waals surface area contributed by atoms with Crippen LogP contribution in [-0.2, 0) is 11.8 Å². The third-order valence-electron chi connectivity index (χ3n) is 5.41. The molecule has 2 N–H and O–H groups in total. The van der Waals surface area contributed by atoms with E-state index in [0.717, 1.165) is 39.8 Å². The first-order valence-electron chi connectivity index (χ1n) is 8.83. The van der Waals surface area contributed by atoms with Gasteiger partial charge >= 0.3 is 0 Å². The number of rotatable bonds is 3. The van der Waals surface area contributed by atoms with Crippen LogP contribution in [-0.4, -0.2) is 33.8 Å². The van der Waals surface area contributed by atoms with Gasteiger partial charge in [-0.2, -0.15) is 5.10 Å². The van der Waals surface area contributed by atoms with Crippen LogP contribution in [0.5, 0.6) is 0 Å². The monoisotopic (exact) mass is 349 g/mol. The number of para-hydroxylation sites is 1. The van der Waals surface area contributed by atoms with E-state index in [0.29, 0.717) is 6.54 Å². The molecule has 0 unspecified atom stereocenters. The molecule has 0 spiro atoms. The Labute approximate surface area is 152 Å². The van der Waals surface area contributed by atoms with Crippen molar-refractivity contribution in [2.45, 2.75) is 19.8 Å². The zero-order valence-electron chi connectivity index (χ0n) is 15.3. The summed E-state index contributed by atoms with van der Waals surface area (Å²) in [4.78, 5) is 19.0. The molecule has 1 aliphatic rings. The molecule has 1 saturated heterocycles. The predicted octanol–water partition coefficient (Wildman–Crippen LogP) is 2.29. The van der Waals surface area contributed by atoms with E-state index in [9.17, 15) is 4.79 Å². The largest absolute Gasteiger partial charge is 0.369 e. The Morgan fingerprint density at radius 2 is 2.00 bits per heavy atom. The Hall–Kier alpha value is -2.89. The lowest BCUT2D eigenvalue weighted by molar-refractivity contribution is -0.121. The van der Waals surface area contributed by atoms with Gasteiger partial charge in [-0.25, -0.2) is 0 Å². The van der Waals surface area contributed by atoms with Gasteiger partial charge in [0.25, 0.3) is 0 Å². The smallest absolute Gasteiger partial charge is 0.223 e. The number of nitrogens with two attached hydrogens (primary N) is 1. The summed E-state index contributed by atoms with van der Waals surface area (Å²) in [7, 11) is 1.89. The van der Waals surface area contributed by atoms with Crippen LogP contribution in [0.25, 0.3) is 10.9 Å². The standard InChI is InChI=1S/C20H23N5O/c1-12-5-4-6-15-18(12)22-7-13(2)19(15)25-10-16(17(11-25)20(21)26)14-8-23-24(3)9-14/h4-9,16-17H,10-11H2,1-3H3,(H2,21,26)/t16-,17+/m1/s1. The number of fused-ring (bicyclic) bond motifs is 1. The van der Waals surface area contributed by atoms with Crippen LogP contribution in [0.4, 0.5) is 5.69 Å². The third kappa shape index (κ3) is 2.62. The number of anilines is 1. The number of benzene rings is 1. The van der Waals surface area contributed by atoms with Crippen molar-refractivity contribution in [3.63, 3.8) is 0 Å². The molecule has 1 aromatic carbocycles. The number of carbonyl (C=O) groups excluding carboxylic acids is 1. The lowest BCUT2D eigenvalue weighted by Gasteiger charge is -2.23. The average molecular weight is 349 g/mol. The minimum atomic E-state index is -0.256. The second-order valence-electron chi connectivity index (χ2n) is 7.23. The van der Waals surface area contributed by atoms with Gasteiger partial charge in [-0.05, 0) is 30.5 Å². The minimum Gasteiger partial charge on any atom is -0.369 e. The highest BCUT2D eigenvalue weighted by molar-refractivity contribution is 5.95. The molecule has 1 fully saturated rings. The molecule has 2 aromatic heterocycles. The maximum absolute atomic E-state index is 12.1. The van der Waals surface area contributed by atoms with Crippen molar-refractivity contribution in [2.24, 2.45) is 18.7 Å². The van der Waals surface area contributed by atoms with E-state index >= 15 is 0 Å². The fourth-order valence-corrected chi connectivity index (χ4v) is 4.12.